The van der Waals surface area contributed by atoms with Crippen molar-refractivity contribution in [2.45, 2.75) is 33.0 Å². The molecule has 0 saturated heterocycles. The lowest BCUT2D eigenvalue weighted by molar-refractivity contribution is 0.278. The molecule has 112 valence electrons. The molecule has 3 nitrogen and oxygen atoms in total. The van der Waals surface area contributed by atoms with Crippen LogP contribution in [-0.2, 0) is 13.2 Å². The highest BCUT2D eigenvalue weighted by atomic mass is 16.5. The number of ether oxygens (including phenoxy) is 2. The summed E-state index contributed by atoms with van der Waals surface area (Å²) in [4.78, 5) is 0. The lowest BCUT2D eigenvalue weighted by Crippen LogP contribution is -2.00. The van der Waals surface area contributed by atoms with Crippen LogP contribution in [0.2, 0.25) is 0 Å². The number of aliphatic hydroxyl groups excluding tert-OH is 1. The first-order valence-electron chi connectivity index (χ1n) is 7.13. The summed E-state index contributed by atoms with van der Waals surface area (Å²) in [7, 11) is 1.64. The molecule has 2 aromatic carbocycles. The summed E-state index contributed by atoms with van der Waals surface area (Å²) in [5.74, 6) is 2.09. The molecule has 3 heteroatoms. The van der Waals surface area contributed by atoms with Crippen molar-refractivity contribution in [1.29, 1.82) is 0 Å². The number of rotatable bonds is 6. The van der Waals surface area contributed by atoms with E-state index in [1.54, 1.807) is 7.11 Å². The Balaban J connectivity index is 2.14. The third-order valence-corrected chi connectivity index (χ3v) is 3.45. The monoisotopic (exact) mass is 286 g/mol. The Morgan fingerprint density at radius 2 is 1.90 bits per heavy atom. The highest BCUT2D eigenvalue weighted by Crippen LogP contribution is 2.24. The Morgan fingerprint density at radius 1 is 1.10 bits per heavy atom. The van der Waals surface area contributed by atoms with Gasteiger partial charge in [0.1, 0.15) is 18.1 Å². The quantitative estimate of drug-likeness (QED) is 0.875. The van der Waals surface area contributed by atoms with Crippen molar-refractivity contribution in [1.82, 2.24) is 0 Å². The van der Waals surface area contributed by atoms with Gasteiger partial charge < -0.3 is 14.6 Å². The van der Waals surface area contributed by atoms with Crippen LogP contribution in [0.1, 0.15) is 36.5 Å². The molecule has 0 aliphatic heterocycles. The van der Waals surface area contributed by atoms with Crippen LogP contribution < -0.4 is 9.47 Å². The molecule has 0 amide bonds. The molecule has 0 atom stereocenters. The average Bonchev–Trinajstić information content (AvgIpc) is 2.52. The first kappa shape index (κ1) is 15.4. The van der Waals surface area contributed by atoms with E-state index in [1.165, 1.54) is 5.56 Å². The van der Waals surface area contributed by atoms with E-state index >= 15 is 0 Å². The van der Waals surface area contributed by atoms with Crippen LogP contribution in [0.15, 0.2) is 42.5 Å². The van der Waals surface area contributed by atoms with E-state index < -0.39 is 0 Å². The zero-order valence-corrected chi connectivity index (χ0v) is 12.8. The van der Waals surface area contributed by atoms with Crippen LogP contribution in [0, 0.1) is 0 Å². The topological polar surface area (TPSA) is 38.7 Å². The van der Waals surface area contributed by atoms with Gasteiger partial charge in [0.05, 0.1) is 13.7 Å². The van der Waals surface area contributed by atoms with Gasteiger partial charge >= 0.3 is 0 Å². The van der Waals surface area contributed by atoms with Crippen molar-refractivity contribution < 1.29 is 14.6 Å². The fourth-order valence-electron chi connectivity index (χ4n) is 2.17. The highest BCUT2D eigenvalue weighted by molar-refractivity contribution is 5.37. The second-order valence-electron chi connectivity index (χ2n) is 5.32. The standard InChI is InChI=1S/C18H22O3/c1-13(2)15-5-4-6-17(10-15)21-12-16-9-14(11-19)7-8-18(16)20-3/h4-10,13,19H,11-12H2,1-3H3. The molecule has 0 heterocycles. The van der Waals surface area contributed by atoms with Crippen molar-refractivity contribution in [2.24, 2.45) is 0 Å². The van der Waals surface area contributed by atoms with Gasteiger partial charge in [0, 0.05) is 5.56 Å². The summed E-state index contributed by atoms with van der Waals surface area (Å²) < 4.78 is 11.2. The molecule has 2 aromatic rings. The maximum atomic E-state index is 9.23. The molecule has 0 aromatic heterocycles. The van der Waals surface area contributed by atoms with Crippen LogP contribution in [0.25, 0.3) is 0 Å². The lowest BCUT2D eigenvalue weighted by atomic mass is 10.0. The summed E-state index contributed by atoms with van der Waals surface area (Å²) in [5.41, 5.74) is 3.04. The SMILES string of the molecule is COc1ccc(CO)cc1COc1cccc(C(C)C)c1. The van der Waals surface area contributed by atoms with E-state index in [0.717, 1.165) is 22.6 Å². The Kier molecular flexibility index (Phi) is 5.23. The Bertz CT molecular complexity index is 591. The van der Waals surface area contributed by atoms with E-state index in [9.17, 15) is 5.11 Å². The Morgan fingerprint density at radius 3 is 2.57 bits per heavy atom. The zero-order valence-electron chi connectivity index (χ0n) is 12.8. The van der Waals surface area contributed by atoms with Crippen LogP contribution >= 0.6 is 0 Å². The van der Waals surface area contributed by atoms with Crippen LogP contribution in [0.5, 0.6) is 11.5 Å². The number of aliphatic hydroxyl groups is 1. The van der Waals surface area contributed by atoms with Crippen molar-refractivity contribution in [3.63, 3.8) is 0 Å². The normalized spacial score (nSPS) is 10.7. The molecule has 0 bridgehead atoms. The van der Waals surface area contributed by atoms with Gasteiger partial charge in [0.15, 0.2) is 0 Å². The molecule has 21 heavy (non-hydrogen) atoms. The third kappa shape index (κ3) is 3.99. The van der Waals surface area contributed by atoms with Crippen LogP contribution in [0.3, 0.4) is 0 Å². The molecule has 1 N–H and O–H groups in total. The average molecular weight is 286 g/mol. The maximum absolute atomic E-state index is 9.23. The van der Waals surface area contributed by atoms with E-state index in [0.29, 0.717) is 12.5 Å². The summed E-state index contributed by atoms with van der Waals surface area (Å²) in [6, 6.07) is 13.7. The smallest absolute Gasteiger partial charge is 0.125 e. The molecule has 0 saturated carbocycles. The minimum Gasteiger partial charge on any atom is -0.496 e. The van der Waals surface area contributed by atoms with Crippen LogP contribution in [-0.4, -0.2) is 12.2 Å². The van der Waals surface area contributed by atoms with Gasteiger partial charge in [-0.3, -0.25) is 0 Å². The lowest BCUT2D eigenvalue weighted by Gasteiger charge is -2.13. The molecule has 0 unspecified atom stereocenters. The molecule has 0 radical (unpaired) electrons. The van der Waals surface area contributed by atoms with E-state index in [2.05, 4.69) is 26.0 Å². The zero-order chi connectivity index (χ0) is 15.2. The number of hydrogen-bond acceptors (Lipinski definition) is 3. The first-order valence-corrected chi connectivity index (χ1v) is 7.13. The van der Waals surface area contributed by atoms with Gasteiger partial charge in [0.25, 0.3) is 0 Å². The molecular weight excluding hydrogens is 264 g/mol. The van der Waals surface area contributed by atoms with Crippen molar-refractivity contribution in [2.75, 3.05) is 7.11 Å². The summed E-state index contributed by atoms with van der Waals surface area (Å²) >= 11 is 0. The Labute approximate surface area is 126 Å². The molecular formula is C18H22O3. The van der Waals surface area contributed by atoms with Crippen molar-refractivity contribution >= 4 is 0 Å². The molecule has 2 rings (SSSR count). The predicted molar refractivity (Wildman–Crippen MR) is 83.8 cm³/mol. The first-order chi connectivity index (χ1) is 10.1. The van der Waals surface area contributed by atoms with Gasteiger partial charge in [0.2, 0.25) is 0 Å². The fourth-order valence-corrected chi connectivity index (χ4v) is 2.17. The summed E-state index contributed by atoms with van der Waals surface area (Å²) in [6.07, 6.45) is 0. The van der Waals surface area contributed by atoms with E-state index in [-0.39, 0.29) is 6.61 Å². The second kappa shape index (κ2) is 7.14. The fraction of sp³-hybridized carbons (Fsp3) is 0.333. The molecule has 0 aliphatic rings. The van der Waals surface area contributed by atoms with Gasteiger partial charge in [-0.25, -0.2) is 0 Å². The molecule has 0 spiro atoms. The number of benzene rings is 2. The predicted octanol–water partition coefficient (Wildman–Crippen LogP) is 3.89. The van der Waals surface area contributed by atoms with Crippen molar-refractivity contribution in [3.8, 4) is 11.5 Å². The van der Waals surface area contributed by atoms with Gasteiger partial charge in [-0.15, -0.1) is 0 Å². The Hall–Kier alpha value is -2.00. The minimum atomic E-state index is 0.0137. The second-order valence-corrected chi connectivity index (χ2v) is 5.32. The van der Waals surface area contributed by atoms with E-state index in [4.69, 9.17) is 9.47 Å². The highest BCUT2D eigenvalue weighted by Gasteiger charge is 2.06. The van der Waals surface area contributed by atoms with Gasteiger partial charge in [-0.1, -0.05) is 32.0 Å². The van der Waals surface area contributed by atoms with Crippen LogP contribution in [0.4, 0.5) is 0 Å². The maximum Gasteiger partial charge on any atom is 0.125 e. The van der Waals surface area contributed by atoms with Gasteiger partial charge in [-0.2, -0.15) is 0 Å². The molecule has 0 aliphatic carbocycles. The van der Waals surface area contributed by atoms with E-state index in [1.807, 2.05) is 30.3 Å². The summed E-state index contributed by atoms with van der Waals surface area (Å²) in [5, 5.41) is 9.23. The van der Waals surface area contributed by atoms with Crippen molar-refractivity contribution in [3.05, 3.63) is 59.2 Å². The number of hydrogen-bond donors (Lipinski definition) is 1. The molecule has 0 fully saturated rings. The minimum absolute atomic E-state index is 0.0137. The largest absolute Gasteiger partial charge is 0.496 e. The third-order valence-electron chi connectivity index (χ3n) is 3.45. The summed E-state index contributed by atoms with van der Waals surface area (Å²) in [6.45, 7) is 4.75. The number of methoxy groups -OCH3 is 1. The van der Waals surface area contributed by atoms with Gasteiger partial charge in [-0.05, 0) is 41.3 Å².